The summed E-state index contributed by atoms with van der Waals surface area (Å²) in [6.45, 7) is 3.42. The van der Waals surface area contributed by atoms with Crippen molar-refractivity contribution in [2.24, 2.45) is 5.92 Å². The third kappa shape index (κ3) is 1.29. The number of rotatable bonds is 1. The Balaban J connectivity index is 2.27. The first-order valence-corrected chi connectivity index (χ1v) is 5.06. The molecule has 12 heavy (non-hydrogen) atoms. The molecule has 2 atom stereocenters. The minimum atomic E-state index is 0.556. The molecule has 64 valence electrons. The normalized spacial score (nSPS) is 28.2. The van der Waals surface area contributed by atoms with E-state index in [4.69, 9.17) is 0 Å². The molecule has 2 rings (SSSR count). The molecule has 2 heteroatoms. The van der Waals surface area contributed by atoms with Gasteiger partial charge < -0.3 is 5.32 Å². The van der Waals surface area contributed by atoms with E-state index in [0.717, 1.165) is 12.5 Å². The van der Waals surface area contributed by atoms with E-state index in [2.05, 4.69) is 52.4 Å². The quantitative estimate of drug-likeness (QED) is 0.776. The van der Waals surface area contributed by atoms with Crippen LogP contribution in [0.2, 0.25) is 0 Å². The Morgan fingerprint density at radius 3 is 2.67 bits per heavy atom. The third-order valence-corrected chi connectivity index (χ3v) is 3.19. The SMILES string of the molecule is CC1CNC1c1ccccc1Br. The topological polar surface area (TPSA) is 12.0 Å². The molecule has 0 aromatic heterocycles. The van der Waals surface area contributed by atoms with E-state index in [0.29, 0.717) is 6.04 Å². The van der Waals surface area contributed by atoms with Gasteiger partial charge in [0.15, 0.2) is 0 Å². The number of nitrogens with one attached hydrogen (secondary N) is 1. The number of benzene rings is 1. The highest BCUT2D eigenvalue weighted by molar-refractivity contribution is 9.10. The predicted octanol–water partition coefficient (Wildman–Crippen LogP) is 2.73. The van der Waals surface area contributed by atoms with E-state index in [-0.39, 0.29) is 0 Å². The van der Waals surface area contributed by atoms with Crippen LogP contribution in [0.25, 0.3) is 0 Å². The van der Waals surface area contributed by atoms with Gasteiger partial charge in [-0.15, -0.1) is 0 Å². The summed E-state index contributed by atoms with van der Waals surface area (Å²) in [6, 6.07) is 8.98. The molecule has 2 unspecified atom stereocenters. The van der Waals surface area contributed by atoms with Crippen molar-refractivity contribution < 1.29 is 0 Å². The van der Waals surface area contributed by atoms with Crippen LogP contribution in [-0.4, -0.2) is 6.54 Å². The van der Waals surface area contributed by atoms with Gasteiger partial charge in [0, 0.05) is 17.1 Å². The minimum absolute atomic E-state index is 0.556. The average molecular weight is 226 g/mol. The van der Waals surface area contributed by atoms with Gasteiger partial charge in [-0.25, -0.2) is 0 Å². The highest BCUT2D eigenvalue weighted by Crippen LogP contribution is 2.33. The Hall–Kier alpha value is -0.340. The van der Waals surface area contributed by atoms with Gasteiger partial charge in [0.1, 0.15) is 0 Å². The van der Waals surface area contributed by atoms with E-state index in [1.165, 1.54) is 10.0 Å². The van der Waals surface area contributed by atoms with Crippen molar-refractivity contribution in [3.05, 3.63) is 34.3 Å². The molecule has 1 fully saturated rings. The fraction of sp³-hybridized carbons (Fsp3) is 0.400. The van der Waals surface area contributed by atoms with Gasteiger partial charge in [-0.2, -0.15) is 0 Å². The number of hydrogen-bond acceptors (Lipinski definition) is 1. The van der Waals surface area contributed by atoms with Crippen LogP contribution in [0.3, 0.4) is 0 Å². The second kappa shape index (κ2) is 3.19. The van der Waals surface area contributed by atoms with Gasteiger partial charge in [-0.05, 0) is 17.5 Å². The van der Waals surface area contributed by atoms with Crippen molar-refractivity contribution in [1.82, 2.24) is 5.32 Å². The van der Waals surface area contributed by atoms with Crippen molar-refractivity contribution in [1.29, 1.82) is 0 Å². The van der Waals surface area contributed by atoms with Gasteiger partial charge in [0.05, 0.1) is 0 Å². The van der Waals surface area contributed by atoms with Gasteiger partial charge in [0.2, 0.25) is 0 Å². The molecule has 1 aliphatic heterocycles. The van der Waals surface area contributed by atoms with Crippen LogP contribution in [-0.2, 0) is 0 Å². The Morgan fingerprint density at radius 1 is 1.42 bits per heavy atom. The molecule has 0 spiro atoms. The average Bonchev–Trinajstić information content (AvgIpc) is 2.06. The molecular formula is C10H12BrN. The molecular weight excluding hydrogens is 214 g/mol. The molecule has 1 heterocycles. The van der Waals surface area contributed by atoms with Gasteiger partial charge in [-0.1, -0.05) is 41.1 Å². The van der Waals surface area contributed by atoms with Crippen LogP contribution >= 0.6 is 15.9 Å². The van der Waals surface area contributed by atoms with Crippen LogP contribution in [0, 0.1) is 5.92 Å². The summed E-state index contributed by atoms with van der Waals surface area (Å²) in [5, 5.41) is 3.42. The monoisotopic (exact) mass is 225 g/mol. The standard InChI is InChI=1S/C10H12BrN/c1-7-6-12-10(7)8-4-2-3-5-9(8)11/h2-5,7,10,12H,6H2,1H3. The zero-order valence-electron chi connectivity index (χ0n) is 7.05. The van der Waals surface area contributed by atoms with E-state index in [1.807, 2.05) is 0 Å². The van der Waals surface area contributed by atoms with Crippen LogP contribution in [0.4, 0.5) is 0 Å². The Kier molecular flexibility index (Phi) is 2.20. The van der Waals surface area contributed by atoms with E-state index < -0.39 is 0 Å². The first-order chi connectivity index (χ1) is 5.79. The summed E-state index contributed by atoms with van der Waals surface area (Å²) in [7, 11) is 0. The lowest BCUT2D eigenvalue weighted by Gasteiger charge is -2.36. The Bertz CT molecular complexity index is 285. The number of halogens is 1. The molecule has 0 aliphatic carbocycles. The third-order valence-electron chi connectivity index (χ3n) is 2.47. The molecule has 1 saturated heterocycles. The van der Waals surface area contributed by atoms with Crippen LogP contribution in [0.5, 0.6) is 0 Å². The molecule has 1 N–H and O–H groups in total. The molecule has 1 aliphatic rings. The minimum Gasteiger partial charge on any atom is -0.309 e. The van der Waals surface area contributed by atoms with Crippen molar-refractivity contribution >= 4 is 15.9 Å². The Morgan fingerprint density at radius 2 is 2.17 bits per heavy atom. The van der Waals surface area contributed by atoms with Crippen molar-refractivity contribution in [3.8, 4) is 0 Å². The van der Waals surface area contributed by atoms with Crippen LogP contribution in [0.15, 0.2) is 28.7 Å². The maximum Gasteiger partial charge on any atom is 0.0369 e. The summed E-state index contributed by atoms with van der Waals surface area (Å²) >= 11 is 3.56. The summed E-state index contributed by atoms with van der Waals surface area (Å²) in [4.78, 5) is 0. The highest BCUT2D eigenvalue weighted by Gasteiger charge is 2.28. The zero-order valence-corrected chi connectivity index (χ0v) is 8.64. The number of hydrogen-bond donors (Lipinski definition) is 1. The van der Waals surface area contributed by atoms with Crippen molar-refractivity contribution in [2.75, 3.05) is 6.54 Å². The fourth-order valence-corrected chi connectivity index (χ4v) is 2.15. The van der Waals surface area contributed by atoms with Crippen molar-refractivity contribution in [3.63, 3.8) is 0 Å². The van der Waals surface area contributed by atoms with Crippen LogP contribution in [0.1, 0.15) is 18.5 Å². The smallest absolute Gasteiger partial charge is 0.0369 e. The van der Waals surface area contributed by atoms with E-state index in [9.17, 15) is 0 Å². The summed E-state index contributed by atoms with van der Waals surface area (Å²) < 4.78 is 1.22. The lowest BCUT2D eigenvalue weighted by Crippen LogP contribution is -2.44. The molecule has 1 aromatic carbocycles. The molecule has 0 saturated carbocycles. The molecule has 1 aromatic rings. The largest absolute Gasteiger partial charge is 0.309 e. The maximum atomic E-state index is 3.56. The van der Waals surface area contributed by atoms with E-state index >= 15 is 0 Å². The van der Waals surface area contributed by atoms with Gasteiger partial charge in [-0.3, -0.25) is 0 Å². The summed E-state index contributed by atoms with van der Waals surface area (Å²) in [5.41, 5.74) is 1.39. The van der Waals surface area contributed by atoms with Crippen LogP contribution < -0.4 is 5.32 Å². The lowest BCUT2D eigenvalue weighted by molar-refractivity contribution is 0.257. The predicted molar refractivity (Wildman–Crippen MR) is 54.0 cm³/mol. The molecule has 0 radical (unpaired) electrons. The van der Waals surface area contributed by atoms with Crippen molar-refractivity contribution in [2.45, 2.75) is 13.0 Å². The highest BCUT2D eigenvalue weighted by atomic mass is 79.9. The molecule has 0 bridgehead atoms. The van der Waals surface area contributed by atoms with Gasteiger partial charge >= 0.3 is 0 Å². The first kappa shape index (κ1) is 8.27. The second-order valence-corrected chi connectivity index (χ2v) is 4.24. The molecule has 0 amide bonds. The van der Waals surface area contributed by atoms with E-state index in [1.54, 1.807) is 0 Å². The summed E-state index contributed by atoms with van der Waals surface area (Å²) in [5.74, 6) is 0.767. The van der Waals surface area contributed by atoms with Gasteiger partial charge in [0.25, 0.3) is 0 Å². The summed E-state index contributed by atoms with van der Waals surface area (Å²) in [6.07, 6.45) is 0. The zero-order chi connectivity index (χ0) is 8.55. The lowest BCUT2D eigenvalue weighted by atomic mass is 9.88. The second-order valence-electron chi connectivity index (χ2n) is 3.38. The molecule has 1 nitrogen and oxygen atoms in total. The Labute approximate surface area is 81.3 Å². The fourth-order valence-electron chi connectivity index (χ4n) is 1.62. The first-order valence-electron chi connectivity index (χ1n) is 4.27. The maximum absolute atomic E-state index is 3.56.